The van der Waals surface area contributed by atoms with Crippen molar-refractivity contribution in [3.63, 3.8) is 0 Å². The molecular formula is C55H70N2O17. The van der Waals surface area contributed by atoms with Gasteiger partial charge in [-0.1, -0.05) is 36.4 Å². The minimum atomic E-state index is 0.384. The molecule has 19 nitrogen and oxygen atoms in total. The van der Waals surface area contributed by atoms with E-state index in [4.69, 9.17) is 81.5 Å². The van der Waals surface area contributed by atoms with Crippen molar-refractivity contribution < 1.29 is 80.6 Å². The molecule has 0 spiro atoms. The summed E-state index contributed by atoms with van der Waals surface area (Å²) in [7, 11) is 0. The number of benzene rings is 5. The van der Waals surface area contributed by atoms with Crippen molar-refractivity contribution in [3.05, 3.63) is 115 Å². The summed E-state index contributed by atoms with van der Waals surface area (Å²) in [5.74, 6) is 6.66. The Bertz CT molecular complexity index is 2190. The molecule has 0 amide bonds. The summed E-state index contributed by atoms with van der Waals surface area (Å²) in [4.78, 5) is 10.8. The zero-order chi connectivity index (χ0) is 51.4. The summed E-state index contributed by atoms with van der Waals surface area (Å²) in [5, 5.41) is 3.30. The Morgan fingerprint density at radius 3 is 0.878 bits per heavy atom. The number of ether oxygens (including phenoxy) is 16. The predicted molar refractivity (Wildman–Crippen MR) is 275 cm³/mol. The van der Waals surface area contributed by atoms with Crippen LogP contribution in [0.15, 0.2) is 109 Å². The lowest BCUT2D eigenvalue weighted by Gasteiger charge is -2.15. The number of hydrogen-bond acceptors (Lipinski definition) is 19. The Hall–Kier alpha value is -6.71. The van der Waals surface area contributed by atoms with Crippen LogP contribution in [-0.2, 0) is 28.4 Å². The third-order valence-electron chi connectivity index (χ3n) is 10.3. The van der Waals surface area contributed by atoms with E-state index in [9.17, 15) is 4.79 Å². The van der Waals surface area contributed by atoms with E-state index in [1.165, 1.54) is 0 Å². The zero-order valence-corrected chi connectivity index (χ0v) is 42.0. The summed E-state index contributed by atoms with van der Waals surface area (Å²) in [6, 6.07) is 33.2. The highest BCUT2D eigenvalue weighted by Crippen LogP contribution is 2.31. The molecule has 5 aromatic rings. The number of aldehydes is 1. The van der Waals surface area contributed by atoms with Crippen LogP contribution in [0.1, 0.15) is 10.4 Å². The fraction of sp³-hybridized carbons (Fsp3) is 0.436. The molecule has 3 aliphatic rings. The summed E-state index contributed by atoms with van der Waals surface area (Å²) in [6.45, 7) is 11.6. The van der Waals surface area contributed by atoms with Gasteiger partial charge in [-0.05, 0) is 66.7 Å². The van der Waals surface area contributed by atoms with E-state index >= 15 is 0 Å². The normalized spacial score (nSPS) is 17.2. The molecule has 19 heteroatoms. The highest BCUT2D eigenvalue weighted by Gasteiger charge is 2.11. The number of hydrogen-bond donors (Lipinski definition) is 2. The smallest absolute Gasteiger partial charge is 0.163 e. The molecule has 0 atom stereocenters. The minimum Gasteiger partial charge on any atom is -0.488 e. The van der Waals surface area contributed by atoms with Gasteiger partial charge in [0, 0.05) is 30.4 Å². The quantitative estimate of drug-likeness (QED) is 0.138. The van der Waals surface area contributed by atoms with Gasteiger partial charge in [0.05, 0.1) is 79.3 Å². The monoisotopic (exact) mass is 1030 g/mol. The fourth-order valence-electron chi connectivity index (χ4n) is 6.78. The van der Waals surface area contributed by atoms with E-state index in [0.717, 1.165) is 42.4 Å². The van der Waals surface area contributed by atoms with E-state index in [0.29, 0.717) is 191 Å². The van der Waals surface area contributed by atoms with Crippen molar-refractivity contribution in [2.45, 2.75) is 0 Å². The van der Waals surface area contributed by atoms with Crippen molar-refractivity contribution in [3.8, 4) is 57.5 Å². The molecule has 0 aromatic heterocycles. The SMILES string of the molecule is Nc1ccc2c(c1)OCCOCCOc1ccccc1OCCOCCO2.O=Cc1ccc2c(c1)OCCOCCOCCOCCO2.c1ccc2c(c1)OCCNCCOc1ccccc1OCCOCCO2. The van der Waals surface area contributed by atoms with Crippen LogP contribution in [0, 0.1) is 0 Å². The highest BCUT2D eigenvalue weighted by molar-refractivity contribution is 5.76. The van der Waals surface area contributed by atoms with Gasteiger partial charge in [0.1, 0.15) is 72.4 Å². The number of carbonyl (C=O) groups excluding carboxylic acids is 1. The maximum absolute atomic E-state index is 10.8. The number of nitrogens with one attached hydrogen (secondary N) is 1. The molecule has 0 fully saturated rings. The van der Waals surface area contributed by atoms with Crippen molar-refractivity contribution in [2.75, 3.05) is 164 Å². The lowest BCUT2D eigenvalue weighted by atomic mass is 10.2. The van der Waals surface area contributed by atoms with Crippen LogP contribution in [0.25, 0.3) is 0 Å². The Morgan fingerprint density at radius 2 is 0.554 bits per heavy atom. The van der Waals surface area contributed by atoms with Crippen LogP contribution in [0.5, 0.6) is 57.5 Å². The standard InChI is InChI=1S/C20H25NO6.C20H25NO5.C15H20O6/c21-16-5-6-19-20(15-16)27-14-10-23-8-12-25-18-4-2-1-3-17(18)24-11-7-22-9-13-26-19;1-3-7-19-17(5-1)23-11-9-21-10-12-24-18-6-2-4-8-20(18)26-16-14-22-13-15-25-19;16-12-13-1-2-14-15(11-13)21-10-8-19-6-4-17-3-5-18-7-9-20-14/h1-6,15H,7-14,21H2;1-8,21H,9-16H2;1-2,11-12H,3-10H2. The predicted octanol–water partition coefficient (Wildman–Crippen LogP) is 6.37. The second-order valence-electron chi connectivity index (χ2n) is 15.8. The molecule has 0 saturated heterocycles. The fourth-order valence-corrected chi connectivity index (χ4v) is 6.78. The Balaban J connectivity index is 0.000000182. The molecule has 5 aromatic carbocycles. The molecule has 402 valence electrons. The molecule has 0 unspecified atom stereocenters. The van der Waals surface area contributed by atoms with Crippen molar-refractivity contribution in [1.82, 2.24) is 5.32 Å². The van der Waals surface area contributed by atoms with Gasteiger partial charge < -0.3 is 86.8 Å². The van der Waals surface area contributed by atoms with Gasteiger partial charge in [-0.3, -0.25) is 4.79 Å². The van der Waals surface area contributed by atoms with Crippen LogP contribution in [0.4, 0.5) is 5.69 Å². The van der Waals surface area contributed by atoms with E-state index in [-0.39, 0.29) is 0 Å². The van der Waals surface area contributed by atoms with Gasteiger partial charge in [-0.15, -0.1) is 0 Å². The minimum absolute atomic E-state index is 0.384. The molecule has 0 radical (unpaired) electrons. The topological polar surface area (TPSA) is 203 Å². The molecule has 0 aliphatic carbocycles. The average molecular weight is 1030 g/mol. The number of carbonyl (C=O) groups is 1. The largest absolute Gasteiger partial charge is 0.488 e. The number of para-hydroxylation sites is 6. The molecule has 0 saturated carbocycles. The second-order valence-corrected chi connectivity index (χ2v) is 15.8. The van der Waals surface area contributed by atoms with Gasteiger partial charge in [-0.2, -0.15) is 0 Å². The number of fused-ring (bicyclic) bond motifs is 5. The van der Waals surface area contributed by atoms with Gasteiger partial charge in [0.15, 0.2) is 57.5 Å². The number of nitrogens with two attached hydrogens (primary N) is 1. The summed E-state index contributed by atoms with van der Waals surface area (Å²) in [6.07, 6.45) is 0.774. The number of rotatable bonds is 1. The third-order valence-corrected chi connectivity index (χ3v) is 10.3. The van der Waals surface area contributed by atoms with E-state index in [1.54, 1.807) is 36.4 Å². The lowest BCUT2D eigenvalue weighted by Crippen LogP contribution is -2.26. The van der Waals surface area contributed by atoms with Crippen molar-refractivity contribution in [2.24, 2.45) is 0 Å². The molecule has 3 heterocycles. The summed E-state index contributed by atoms with van der Waals surface area (Å²) in [5.41, 5.74) is 6.98. The van der Waals surface area contributed by atoms with Crippen molar-refractivity contribution in [1.29, 1.82) is 0 Å². The first-order valence-electron chi connectivity index (χ1n) is 24.9. The molecule has 3 aliphatic heterocycles. The zero-order valence-electron chi connectivity index (χ0n) is 42.0. The first-order chi connectivity index (χ1) is 36.7. The van der Waals surface area contributed by atoms with Gasteiger partial charge >= 0.3 is 0 Å². The average Bonchev–Trinajstić information content (AvgIpc) is 3.43. The van der Waals surface area contributed by atoms with E-state index in [2.05, 4.69) is 5.32 Å². The number of nitrogen functional groups attached to an aromatic ring is 1. The van der Waals surface area contributed by atoms with Crippen LogP contribution in [0.3, 0.4) is 0 Å². The van der Waals surface area contributed by atoms with Gasteiger partial charge in [-0.25, -0.2) is 0 Å². The Morgan fingerprint density at radius 1 is 0.297 bits per heavy atom. The van der Waals surface area contributed by atoms with Crippen LogP contribution in [0.2, 0.25) is 0 Å². The first kappa shape index (κ1) is 56.6. The van der Waals surface area contributed by atoms with Gasteiger partial charge in [0.25, 0.3) is 0 Å². The molecule has 74 heavy (non-hydrogen) atoms. The first-order valence-corrected chi connectivity index (χ1v) is 24.9. The summed E-state index contributed by atoms with van der Waals surface area (Å²) < 4.78 is 90.1. The van der Waals surface area contributed by atoms with E-state index in [1.807, 2.05) is 72.8 Å². The number of anilines is 1. The van der Waals surface area contributed by atoms with E-state index < -0.39 is 0 Å². The van der Waals surface area contributed by atoms with Crippen molar-refractivity contribution >= 4 is 12.0 Å². The van der Waals surface area contributed by atoms with Crippen LogP contribution < -0.4 is 58.4 Å². The third kappa shape index (κ3) is 22.2. The molecule has 0 bridgehead atoms. The second kappa shape index (κ2) is 35.4. The Kier molecular flexibility index (Phi) is 27.1. The molecule has 8 rings (SSSR count). The summed E-state index contributed by atoms with van der Waals surface area (Å²) >= 11 is 0. The van der Waals surface area contributed by atoms with Gasteiger partial charge in [0.2, 0.25) is 0 Å². The molecule has 3 N–H and O–H groups in total. The molecular weight excluding hydrogens is 961 g/mol. The Labute approximate surface area is 433 Å². The maximum Gasteiger partial charge on any atom is 0.163 e. The lowest BCUT2D eigenvalue weighted by molar-refractivity contribution is 0.00708. The van der Waals surface area contributed by atoms with Crippen LogP contribution in [-0.4, -0.2) is 165 Å². The highest BCUT2D eigenvalue weighted by atomic mass is 16.6. The van der Waals surface area contributed by atoms with Crippen LogP contribution >= 0.6 is 0 Å². The maximum atomic E-state index is 10.8.